The van der Waals surface area contributed by atoms with Crippen LogP contribution in [-0.4, -0.2) is 19.5 Å². The molecule has 2 aromatic heterocycles. The fourth-order valence-electron chi connectivity index (χ4n) is 1.97. The first kappa shape index (κ1) is 13.2. The van der Waals surface area contributed by atoms with Gasteiger partial charge in [0.2, 0.25) is 5.95 Å². The summed E-state index contributed by atoms with van der Waals surface area (Å²) < 4.78 is 39.1. The molecule has 0 saturated heterocycles. The van der Waals surface area contributed by atoms with Crippen molar-refractivity contribution in [2.24, 2.45) is 0 Å². The van der Waals surface area contributed by atoms with E-state index >= 15 is 0 Å². The van der Waals surface area contributed by atoms with Crippen molar-refractivity contribution in [2.45, 2.75) is 6.18 Å². The van der Waals surface area contributed by atoms with Crippen LogP contribution in [0.4, 0.5) is 19.1 Å². The predicted octanol–water partition coefficient (Wildman–Crippen LogP) is 1.71. The average Bonchev–Trinajstić information content (AvgIpc) is 2.86. The Morgan fingerprint density at radius 2 is 2.05 bits per heavy atom. The van der Waals surface area contributed by atoms with Crippen molar-refractivity contribution >= 4 is 17.1 Å². The fourth-order valence-corrected chi connectivity index (χ4v) is 1.97. The Bertz CT molecular complexity index is 880. The minimum Gasteiger partial charge on any atom is -0.369 e. The highest BCUT2D eigenvalue weighted by Crippen LogP contribution is 2.30. The minimum absolute atomic E-state index is 0.0173. The fraction of sp³-hybridized carbons (Fsp3) is 0.0833. The Balaban J connectivity index is 2.28. The van der Waals surface area contributed by atoms with Crippen LogP contribution in [0, 0.1) is 0 Å². The summed E-state index contributed by atoms with van der Waals surface area (Å²) in [6.45, 7) is 0. The average molecular weight is 295 g/mol. The Kier molecular flexibility index (Phi) is 2.71. The Morgan fingerprint density at radius 3 is 2.76 bits per heavy atom. The molecule has 0 spiro atoms. The molecule has 3 aromatic rings. The summed E-state index contributed by atoms with van der Waals surface area (Å²) in [4.78, 5) is 22.5. The summed E-state index contributed by atoms with van der Waals surface area (Å²) in [6.07, 6.45) is -3.26. The van der Waals surface area contributed by atoms with E-state index in [1.807, 2.05) is 0 Å². The second kappa shape index (κ2) is 4.33. The van der Waals surface area contributed by atoms with Crippen molar-refractivity contribution in [2.75, 3.05) is 5.73 Å². The lowest BCUT2D eigenvalue weighted by atomic mass is 10.2. The number of fused-ring (bicyclic) bond motifs is 1. The van der Waals surface area contributed by atoms with E-state index in [-0.39, 0.29) is 22.8 Å². The van der Waals surface area contributed by atoms with Gasteiger partial charge in [-0.3, -0.25) is 4.79 Å². The molecule has 0 saturated carbocycles. The van der Waals surface area contributed by atoms with Gasteiger partial charge in [0.05, 0.1) is 17.6 Å². The maximum Gasteiger partial charge on any atom is 0.416 e. The molecule has 3 N–H and O–H groups in total. The van der Waals surface area contributed by atoms with Gasteiger partial charge in [-0.25, -0.2) is 9.55 Å². The number of imidazole rings is 1. The molecule has 0 atom stereocenters. The number of H-pyrrole nitrogens is 1. The van der Waals surface area contributed by atoms with E-state index in [9.17, 15) is 18.0 Å². The lowest BCUT2D eigenvalue weighted by Crippen LogP contribution is -2.23. The zero-order valence-electron chi connectivity index (χ0n) is 10.3. The van der Waals surface area contributed by atoms with Gasteiger partial charge in [0, 0.05) is 0 Å². The van der Waals surface area contributed by atoms with Crippen LogP contribution in [-0.2, 0) is 6.18 Å². The molecule has 6 nitrogen and oxygen atoms in total. The maximum absolute atomic E-state index is 12.7. The number of alkyl halides is 3. The van der Waals surface area contributed by atoms with Crippen LogP contribution in [0.15, 0.2) is 35.4 Å². The van der Waals surface area contributed by atoms with Gasteiger partial charge in [-0.15, -0.1) is 0 Å². The number of halogens is 3. The van der Waals surface area contributed by atoms with E-state index in [0.717, 1.165) is 16.7 Å². The molecule has 2 heterocycles. The second-order valence-electron chi connectivity index (χ2n) is 4.26. The van der Waals surface area contributed by atoms with Gasteiger partial charge in [0.15, 0.2) is 11.2 Å². The van der Waals surface area contributed by atoms with E-state index in [0.29, 0.717) is 0 Å². The molecular weight excluding hydrogens is 287 g/mol. The number of rotatable bonds is 1. The molecule has 0 amide bonds. The molecule has 0 radical (unpaired) electrons. The van der Waals surface area contributed by atoms with E-state index in [1.165, 1.54) is 18.5 Å². The highest BCUT2D eigenvalue weighted by molar-refractivity contribution is 5.70. The van der Waals surface area contributed by atoms with Crippen LogP contribution in [0.2, 0.25) is 0 Å². The summed E-state index contributed by atoms with van der Waals surface area (Å²) in [5, 5.41) is 0. The molecule has 0 bridgehead atoms. The van der Waals surface area contributed by atoms with Crippen LogP contribution in [0.1, 0.15) is 5.56 Å². The molecule has 0 aliphatic carbocycles. The number of nitrogens with one attached hydrogen (secondary N) is 1. The summed E-state index contributed by atoms with van der Waals surface area (Å²) in [5.41, 5.74) is 4.32. The molecular formula is C12H8F3N5O. The highest BCUT2D eigenvalue weighted by Gasteiger charge is 2.30. The lowest BCUT2D eigenvalue weighted by molar-refractivity contribution is -0.137. The van der Waals surface area contributed by atoms with Crippen LogP contribution in [0.5, 0.6) is 0 Å². The Morgan fingerprint density at radius 1 is 1.29 bits per heavy atom. The van der Waals surface area contributed by atoms with Gasteiger partial charge in [-0.2, -0.15) is 18.2 Å². The van der Waals surface area contributed by atoms with Crippen molar-refractivity contribution in [3.63, 3.8) is 0 Å². The van der Waals surface area contributed by atoms with Gasteiger partial charge in [-0.1, -0.05) is 6.07 Å². The van der Waals surface area contributed by atoms with E-state index < -0.39 is 17.3 Å². The molecule has 9 heteroatoms. The standard InChI is InChI=1S/C12H8F3N5O/c13-12(14,15)6-2-1-3-7(4-6)20-10(21)8-9(18-5-17-8)19-11(20)16/h1-5H,(H2,16,19)(H,17,18). The number of nitrogen functional groups attached to an aromatic ring is 1. The van der Waals surface area contributed by atoms with Gasteiger partial charge in [0.25, 0.3) is 5.56 Å². The molecule has 3 rings (SSSR count). The third-order valence-electron chi connectivity index (χ3n) is 2.92. The van der Waals surface area contributed by atoms with Crippen molar-refractivity contribution in [1.82, 2.24) is 19.5 Å². The van der Waals surface area contributed by atoms with Crippen LogP contribution in [0.25, 0.3) is 16.9 Å². The van der Waals surface area contributed by atoms with E-state index in [1.54, 1.807) is 0 Å². The van der Waals surface area contributed by atoms with Gasteiger partial charge >= 0.3 is 6.18 Å². The Hall–Kier alpha value is -2.84. The quantitative estimate of drug-likeness (QED) is 0.715. The molecule has 0 unspecified atom stereocenters. The number of aromatic nitrogens is 4. The smallest absolute Gasteiger partial charge is 0.369 e. The zero-order valence-corrected chi connectivity index (χ0v) is 10.3. The number of aromatic amines is 1. The van der Waals surface area contributed by atoms with Crippen molar-refractivity contribution in [1.29, 1.82) is 0 Å². The van der Waals surface area contributed by atoms with Crippen molar-refractivity contribution < 1.29 is 13.2 Å². The van der Waals surface area contributed by atoms with Gasteiger partial charge < -0.3 is 10.7 Å². The third kappa shape index (κ3) is 2.12. The highest BCUT2D eigenvalue weighted by atomic mass is 19.4. The first-order chi connectivity index (χ1) is 9.88. The maximum atomic E-state index is 12.7. The number of anilines is 1. The zero-order chi connectivity index (χ0) is 15.2. The number of benzene rings is 1. The largest absolute Gasteiger partial charge is 0.416 e. The van der Waals surface area contributed by atoms with Gasteiger partial charge in [0.1, 0.15) is 0 Å². The number of hydrogen-bond donors (Lipinski definition) is 2. The first-order valence-corrected chi connectivity index (χ1v) is 5.77. The third-order valence-corrected chi connectivity index (χ3v) is 2.92. The van der Waals surface area contributed by atoms with Crippen LogP contribution < -0.4 is 11.3 Å². The molecule has 0 aliphatic heterocycles. The number of nitrogens with two attached hydrogens (primary N) is 1. The topological polar surface area (TPSA) is 89.6 Å². The molecule has 0 fully saturated rings. The summed E-state index contributed by atoms with van der Waals surface area (Å²) in [5.74, 6) is -0.237. The first-order valence-electron chi connectivity index (χ1n) is 5.77. The van der Waals surface area contributed by atoms with Crippen molar-refractivity contribution in [3.05, 3.63) is 46.5 Å². The van der Waals surface area contributed by atoms with Crippen LogP contribution in [0.3, 0.4) is 0 Å². The van der Waals surface area contributed by atoms with Crippen molar-refractivity contribution in [3.8, 4) is 5.69 Å². The second-order valence-corrected chi connectivity index (χ2v) is 4.26. The lowest BCUT2D eigenvalue weighted by Gasteiger charge is -2.11. The Labute approximate surface area is 115 Å². The summed E-state index contributed by atoms with van der Waals surface area (Å²) in [7, 11) is 0. The molecule has 1 aromatic carbocycles. The monoisotopic (exact) mass is 295 g/mol. The number of hydrogen-bond acceptors (Lipinski definition) is 4. The van der Waals surface area contributed by atoms with Crippen LogP contribution >= 0.6 is 0 Å². The van der Waals surface area contributed by atoms with E-state index in [4.69, 9.17) is 5.73 Å². The molecule has 108 valence electrons. The summed E-state index contributed by atoms with van der Waals surface area (Å²) in [6, 6.07) is 4.28. The van der Waals surface area contributed by atoms with E-state index in [2.05, 4.69) is 15.0 Å². The SMILES string of the molecule is Nc1nc2nc[nH]c2c(=O)n1-c1cccc(C(F)(F)F)c1. The van der Waals surface area contributed by atoms with Gasteiger partial charge in [-0.05, 0) is 18.2 Å². The normalized spacial score (nSPS) is 12.0. The predicted molar refractivity (Wildman–Crippen MR) is 68.9 cm³/mol. The minimum atomic E-state index is -4.51. The molecule has 21 heavy (non-hydrogen) atoms. The number of nitrogens with zero attached hydrogens (tertiary/aromatic N) is 3. The molecule has 0 aliphatic rings. The summed E-state index contributed by atoms with van der Waals surface area (Å²) >= 11 is 0.